The summed E-state index contributed by atoms with van der Waals surface area (Å²) in [6.45, 7) is 8.42. The van der Waals surface area contributed by atoms with E-state index in [2.05, 4.69) is 37.9 Å². The predicted molar refractivity (Wildman–Crippen MR) is 59.6 cm³/mol. The molecule has 2 heteroatoms. The van der Waals surface area contributed by atoms with Gasteiger partial charge in [0.05, 0.1) is 4.88 Å². The van der Waals surface area contributed by atoms with E-state index in [0.717, 1.165) is 5.70 Å². The topological polar surface area (TPSA) is 12.0 Å². The highest BCUT2D eigenvalue weighted by atomic mass is 32.1. The quantitative estimate of drug-likeness (QED) is 0.717. The molecule has 1 N–H and O–H groups in total. The minimum absolute atomic E-state index is 0.608. The highest BCUT2D eigenvalue weighted by Gasteiger charge is 2.13. The Morgan fingerprint density at radius 3 is 2.85 bits per heavy atom. The van der Waals surface area contributed by atoms with Crippen molar-refractivity contribution in [2.24, 2.45) is 0 Å². The van der Waals surface area contributed by atoms with E-state index < -0.39 is 0 Å². The second kappa shape index (κ2) is 3.04. The Morgan fingerprint density at radius 2 is 2.23 bits per heavy atom. The van der Waals surface area contributed by atoms with Crippen molar-refractivity contribution in [1.29, 1.82) is 0 Å². The molecule has 0 bridgehead atoms. The molecule has 1 aromatic heterocycles. The van der Waals surface area contributed by atoms with Crippen molar-refractivity contribution in [2.75, 3.05) is 0 Å². The first-order chi connectivity index (χ1) is 6.18. The SMILES string of the molecule is C=C1NC=Cc2cc(C(C)C)sc21. The van der Waals surface area contributed by atoms with Crippen LogP contribution in [0.25, 0.3) is 11.8 Å². The molecule has 0 radical (unpaired) electrons. The van der Waals surface area contributed by atoms with Gasteiger partial charge in [0, 0.05) is 16.8 Å². The maximum absolute atomic E-state index is 3.98. The van der Waals surface area contributed by atoms with Crippen LogP contribution in [0.3, 0.4) is 0 Å². The number of hydrogen-bond acceptors (Lipinski definition) is 2. The first-order valence-corrected chi connectivity index (χ1v) is 5.26. The molecule has 0 saturated carbocycles. The lowest BCUT2D eigenvalue weighted by atomic mass is 10.1. The third-order valence-corrected chi connectivity index (χ3v) is 3.65. The van der Waals surface area contributed by atoms with E-state index >= 15 is 0 Å². The monoisotopic (exact) mass is 191 g/mol. The van der Waals surface area contributed by atoms with Crippen molar-refractivity contribution in [1.82, 2.24) is 5.32 Å². The highest BCUT2D eigenvalue weighted by Crippen LogP contribution is 2.34. The Bertz CT molecular complexity index is 371. The third-order valence-electron chi connectivity index (χ3n) is 2.14. The molecule has 1 nitrogen and oxygen atoms in total. The number of nitrogens with one attached hydrogen (secondary N) is 1. The van der Waals surface area contributed by atoms with Gasteiger partial charge in [0.2, 0.25) is 0 Å². The maximum atomic E-state index is 3.98. The van der Waals surface area contributed by atoms with Gasteiger partial charge in [-0.3, -0.25) is 0 Å². The minimum Gasteiger partial charge on any atom is -0.361 e. The van der Waals surface area contributed by atoms with Crippen LogP contribution in [0.5, 0.6) is 0 Å². The van der Waals surface area contributed by atoms with E-state index in [1.54, 1.807) is 0 Å². The third kappa shape index (κ3) is 1.42. The Kier molecular flexibility index (Phi) is 2.00. The predicted octanol–water partition coefficient (Wildman–Crippen LogP) is 3.42. The van der Waals surface area contributed by atoms with Gasteiger partial charge in [-0.25, -0.2) is 0 Å². The second-order valence-corrected chi connectivity index (χ2v) is 4.63. The largest absolute Gasteiger partial charge is 0.361 e. The van der Waals surface area contributed by atoms with Crippen LogP contribution in [0.15, 0.2) is 18.8 Å². The summed E-state index contributed by atoms with van der Waals surface area (Å²) in [5.74, 6) is 0.608. The number of fused-ring (bicyclic) bond motifs is 1. The fourth-order valence-corrected chi connectivity index (χ4v) is 2.45. The Morgan fingerprint density at radius 1 is 1.46 bits per heavy atom. The lowest BCUT2D eigenvalue weighted by molar-refractivity contribution is 0.889. The van der Waals surface area contributed by atoms with Crippen molar-refractivity contribution in [3.05, 3.63) is 34.2 Å². The number of thiophene rings is 1. The summed E-state index contributed by atoms with van der Waals surface area (Å²) in [7, 11) is 0. The molecule has 0 saturated heterocycles. The van der Waals surface area contributed by atoms with E-state index in [4.69, 9.17) is 0 Å². The van der Waals surface area contributed by atoms with Gasteiger partial charge < -0.3 is 5.32 Å². The normalized spacial score (nSPS) is 14.5. The molecular weight excluding hydrogens is 178 g/mol. The van der Waals surface area contributed by atoms with Crippen LogP contribution < -0.4 is 5.32 Å². The van der Waals surface area contributed by atoms with Crippen LogP contribution in [0.2, 0.25) is 0 Å². The first kappa shape index (κ1) is 8.57. The fourth-order valence-electron chi connectivity index (χ4n) is 1.37. The molecule has 0 aliphatic carbocycles. The van der Waals surface area contributed by atoms with Gasteiger partial charge >= 0.3 is 0 Å². The summed E-state index contributed by atoms with van der Waals surface area (Å²) < 4.78 is 0. The van der Waals surface area contributed by atoms with Gasteiger partial charge in [-0.15, -0.1) is 11.3 Å². The Hall–Kier alpha value is -1.02. The molecule has 1 aliphatic rings. The van der Waals surface area contributed by atoms with E-state index in [9.17, 15) is 0 Å². The van der Waals surface area contributed by atoms with E-state index in [1.165, 1.54) is 15.3 Å². The average molecular weight is 191 g/mol. The molecule has 1 aromatic rings. The van der Waals surface area contributed by atoms with Gasteiger partial charge in [-0.1, -0.05) is 20.4 Å². The zero-order valence-electron chi connectivity index (χ0n) is 7.92. The van der Waals surface area contributed by atoms with Crippen molar-refractivity contribution < 1.29 is 0 Å². The van der Waals surface area contributed by atoms with Gasteiger partial charge in [0.25, 0.3) is 0 Å². The highest BCUT2D eigenvalue weighted by molar-refractivity contribution is 7.13. The maximum Gasteiger partial charge on any atom is 0.0575 e. The van der Waals surface area contributed by atoms with Crippen LogP contribution in [0, 0.1) is 0 Å². The molecule has 68 valence electrons. The molecular formula is C11H13NS. The van der Waals surface area contributed by atoms with Crippen molar-refractivity contribution in [3.63, 3.8) is 0 Å². The standard InChI is InChI=1S/C11H13NS/c1-7(2)10-6-9-4-5-12-8(3)11(9)13-10/h4-7,12H,3H2,1-2H3. The fraction of sp³-hybridized carbons (Fsp3) is 0.273. The molecule has 0 unspecified atom stereocenters. The number of rotatable bonds is 1. The molecule has 0 spiro atoms. The molecule has 0 amide bonds. The summed E-state index contributed by atoms with van der Waals surface area (Å²) >= 11 is 1.84. The molecule has 13 heavy (non-hydrogen) atoms. The zero-order chi connectivity index (χ0) is 9.42. The summed E-state index contributed by atoms with van der Waals surface area (Å²) in [5, 5.41) is 3.13. The van der Waals surface area contributed by atoms with Crippen molar-refractivity contribution >= 4 is 23.1 Å². The van der Waals surface area contributed by atoms with Crippen LogP contribution in [-0.2, 0) is 0 Å². The molecule has 1 aliphatic heterocycles. The van der Waals surface area contributed by atoms with Gasteiger partial charge in [-0.2, -0.15) is 0 Å². The smallest absolute Gasteiger partial charge is 0.0575 e. The lowest BCUT2D eigenvalue weighted by Crippen LogP contribution is -2.04. The summed E-state index contributed by atoms with van der Waals surface area (Å²) in [5.41, 5.74) is 2.33. The molecule has 0 atom stereocenters. The van der Waals surface area contributed by atoms with Crippen LogP contribution in [0.1, 0.15) is 35.1 Å². The Labute approximate surface area is 82.8 Å². The van der Waals surface area contributed by atoms with Gasteiger partial charge in [0.15, 0.2) is 0 Å². The van der Waals surface area contributed by atoms with Crippen LogP contribution in [-0.4, -0.2) is 0 Å². The minimum atomic E-state index is 0.608. The number of hydrogen-bond donors (Lipinski definition) is 1. The van der Waals surface area contributed by atoms with Gasteiger partial charge in [0.1, 0.15) is 0 Å². The van der Waals surface area contributed by atoms with E-state index in [-0.39, 0.29) is 0 Å². The first-order valence-electron chi connectivity index (χ1n) is 4.44. The van der Waals surface area contributed by atoms with Crippen molar-refractivity contribution in [2.45, 2.75) is 19.8 Å². The summed E-state index contributed by atoms with van der Waals surface area (Å²) in [6, 6.07) is 2.26. The van der Waals surface area contributed by atoms with E-state index in [1.807, 2.05) is 17.5 Å². The van der Waals surface area contributed by atoms with E-state index in [0.29, 0.717) is 5.92 Å². The molecule has 0 fully saturated rings. The second-order valence-electron chi connectivity index (χ2n) is 3.54. The zero-order valence-corrected chi connectivity index (χ0v) is 8.74. The van der Waals surface area contributed by atoms with Gasteiger partial charge in [-0.05, 0) is 23.6 Å². The average Bonchev–Trinajstić information content (AvgIpc) is 2.49. The molecule has 2 rings (SSSR count). The van der Waals surface area contributed by atoms with Crippen molar-refractivity contribution in [3.8, 4) is 0 Å². The molecule has 2 heterocycles. The van der Waals surface area contributed by atoms with Crippen LogP contribution in [0.4, 0.5) is 0 Å². The summed E-state index contributed by atoms with van der Waals surface area (Å²) in [4.78, 5) is 2.71. The summed E-state index contributed by atoms with van der Waals surface area (Å²) in [6.07, 6.45) is 4.05. The lowest BCUT2D eigenvalue weighted by Gasteiger charge is -2.08. The van der Waals surface area contributed by atoms with Crippen LogP contribution >= 0.6 is 11.3 Å². The molecule has 0 aromatic carbocycles. The Balaban J connectivity index is 2.49.